The van der Waals surface area contributed by atoms with E-state index in [1.165, 1.54) is 0 Å². The normalized spacial score (nSPS) is 11.5. The van der Waals surface area contributed by atoms with Crippen LogP contribution in [-0.2, 0) is 10.5 Å². The first kappa shape index (κ1) is 17.8. The summed E-state index contributed by atoms with van der Waals surface area (Å²) in [6.45, 7) is 9.19. The Morgan fingerprint density at radius 1 is 1.00 bits per heavy atom. The fourth-order valence-electron chi connectivity index (χ4n) is 1.92. The average Bonchev–Trinajstić information content (AvgIpc) is 2.48. The van der Waals surface area contributed by atoms with E-state index in [0.717, 1.165) is 37.0 Å². The van der Waals surface area contributed by atoms with Crippen molar-refractivity contribution in [3.8, 4) is 11.5 Å². The Bertz CT molecular complexity index is 415. The molecule has 0 fully saturated rings. The third-order valence-electron chi connectivity index (χ3n) is 3.35. The standard InChI is InChI=1S/C17H28O4/c1-5-7-11-19-14-9-10-15(17(3,4)21-18)16(13-14)20-12-8-6-2/h9-10,13,18H,5-8,11-12H2,1-4H3. The quantitative estimate of drug-likeness (QED) is 0.384. The van der Waals surface area contributed by atoms with Gasteiger partial charge in [0.1, 0.15) is 17.1 Å². The van der Waals surface area contributed by atoms with E-state index in [1.54, 1.807) is 13.8 Å². The highest BCUT2D eigenvalue weighted by molar-refractivity contribution is 5.43. The molecule has 0 aliphatic carbocycles. The SMILES string of the molecule is CCCCOc1ccc(C(C)(C)OO)c(OCCCC)c1. The van der Waals surface area contributed by atoms with E-state index in [9.17, 15) is 0 Å². The molecular weight excluding hydrogens is 268 g/mol. The van der Waals surface area contributed by atoms with Crippen molar-refractivity contribution in [1.29, 1.82) is 0 Å². The summed E-state index contributed by atoms with van der Waals surface area (Å²) >= 11 is 0. The number of hydrogen-bond donors (Lipinski definition) is 1. The number of ether oxygens (including phenoxy) is 2. The molecule has 1 aromatic carbocycles. The summed E-state index contributed by atoms with van der Waals surface area (Å²) in [6.07, 6.45) is 4.19. The van der Waals surface area contributed by atoms with Gasteiger partial charge in [-0.3, -0.25) is 5.26 Å². The maximum absolute atomic E-state index is 9.10. The molecule has 1 N–H and O–H groups in total. The van der Waals surface area contributed by atoms with Crippen LogP contribution in [0.25, 0.3) is 0 Å². The Balaban J connectivity index is 2.90. The molecule has 1 aromatic rings. The number of hydrogen-bond acceptors (Lipinski definition) is 4. The van der Waals surface area contributed by atoms with Crippen LogP contribution in [0, 0.1) is 0 Å². The molecule has 0 saturated carbocycles. The first-order valence-corrected chi connectivity index (χ1v) is 7.77. The van der Waals surface area contributed by atoms with Crippen molar-refractivity contribution < 1.29 is 19.6 Å². The molecule has 0 aromatic heterocycles. The Hall–Kier alpha value is -1.26. The second kappa shape index (κ2) is 8.90. The van der Waals surface area contributed by atoms with Gasteiger partial charge >= 0.3 is 0 Å². The van der Waals surface area contributed by atoms with Gasteiger partial charge in [-0.15, -0.1) is 0 Å². The summed E-state index contributed by atoms with van der Waals surface area (Å²) in [5.74, 6) is 1.49. The largest absolute Gasteiger partial charge is 0.493 e. The van der Waals surface area contributed by atoms with Gasteiger partial charge in [0.15, 0.2) is 0 Å². The molecule has 0 saturated heterocycles. The number of benzene rings is 1. The van der Waals surface area contributed by atoms with Gasteiger partial charge in [-0.2, -0.15) is 0 Å². The zero-order chi connectivity index (χ0) is 15.7. The van der Waals surface area contributed by atoms with Crippen LogP contribution in [-0.4, -0.2) is 18.5 Å². The molecule has 1 rings (SSSR count). The summed E-state index contributed by atoms with van der Waals surface area (Å²) in [6, 6.07) is 5.65. The van der Waals surface area contributed by atoms with Crippen molar-refractivity contribution in [2.45, 2.75) is 59.0 Å². The summed E-state index contributed by atoms with van der Waals surface area (Å²) in [7, 11) is 0. The minimum atomic E-state index is -0.816. The smallest absolute Gasteiger partial charge is 0.129 e. The van der Waals surface area contributed by atoms with Crippen LogP contribution in [0.15, 0.2) is 18.2 Å². The molecule has 120 valence electrons. The third-order valence-corrected chi connectivity index (χ3v) is 3.35. The van der Waals surface area contributed by atoms with Crippen LogP contribution < -0.4 is 9.47 Å². The van der Waals surface area contributed by atoms with E-state index in [2.05, 4.69) is 18.7 Å². The Morgan fingerprint density at radius 3 is 2.19 bits per heavy atom. The lowest BCUT2D eigenvalue weighted by Crippen LogP contribution is -2.21. The lowest BCUT2D eigenvalue weighted by atomic mass is 9.97. The molecule has 0 spiro atoms. The maximum Gasteiger partial charge on any atom is 0.129 e. The molecule has 0 bridgehead atoms. The second-order valence-corrected chi connectivity index (χ2v) is 5.66. The van der Waals surface area contributed by atoms with Crippen molar-refractivity contribution in [1.82, 2.24) is 0 Å². The Labute approximate surface area is 128 Å². The molecule has 0 amide bonds. The van der Waals surface area contributed by atoms with Crippen molar-refractivity contribution in [3.05, 3.63) is 23.8 Å². The topological polar surface area (TPSA) is 47.9 Å². The fraction of sp³-hybridized carbons (Fsp3) is 0.647. The number of unbranched alkanes of at least 4 members (excludes halogenated alkanes) is 2. The molecule has 21 heavy (non-hydrogen) atoms. The summed E-state index contributed by atoms with van der Waals surface area (Å²) in [5.41, 5.74) is -0.00677. The van der Waals surface area contributed by atoms with E-state index in [4.69, 9.17) is 14.7 Å². The predicted molar refractivity (Wildman–Crippen MR) is 84.0 cm³/mol. The van der Waals surface area contributed by atoms with Gasteiger partial charge in [0, 0.05) is 11.6 Å². The molecule has 0 heterocycles. The molecule has 4 nitrogen and oxygen atoms in total. The second-order valence-electron chi connectivity index (χ2n) is 5.66. The van der Waals surface area contributed by atoms with E-state index in [-0.39, 0.29) is 0 Å². The lowest BCUT2D eigenvalue weighted by Gasteiger charge is -2.24. The van der Waals surface area contributed by atoms with E-state index >= 15 is 0 Å². The predicted octanol–water partition coefficient (Wildman–Crippen LogP) is 4.77. The van der Waals surface area contributed by atoms with Crippen LogP contribution in [0.4, 0.5) is 0 Å². The first-order chi connectivity index (χ1) is 10.0. The number of rotatable bonds is 10. The van der Waals surface area contributed by atoms with Crippen molar-refractivity contribution in [2.75, 3.05) is 13.2 Å². The molecule has 0 atom stereocenters. The lowest BCUT2D eigenvalue weighted by molar-refractivity contribution is -0.318. The molecule has 0 radical (unpaired) electrons. The minimum Gasteiger partial charge on any atom is -0.493 e. The van der Waals surface area contributed by atoms with Gasteiger partial charge in [-0.25, -0.2) is 4.89 Å². The third kappa shape index (κ3) is 5.56. The van der Waals surface area contributed by atoms with Crippen LogP contribution in [0.5, 0.6) is 11.5 Å². The van der Waals surface area contributed by atoms with Crippen LogP contribution >= 0.6 is 0 Å². The monoisotopic (exact) mass is 296 g/mol. The van der Waals surface area contributed by atoms with Crippen LogP contribution in [0.2, 0.25) is 0 Å². The van der Waals surface area contributed by atoms with Gasteiger partial charge in [0.2, 0.25) is 0 Å². The van der Waals surface area contributed by atoms with Crippen LogP contribution in [0.1, 0.15) is 58.9 Å². The van der Waals surface area contributed by atoms with Gasteiger partial charge < -0.3 is 9.47 Å². The maximum atomic E-state index is 9.10. The fourth-order valence-corrected chi connectivity index (χ4v) is 1.92. The van der Waals surface area contributed by atoms with E-state index in [0.29, 0.717) is 19.0 Å². The summed E-state index contributed by atoms with van der Waals surface area (Å²) in [5, 5.41) is 9.10. The highest BCUT2D eigenvalue weighted by Crippen LogP contribution is 2.35. The van der Waals surface area contributed by atoms with E-state index < -0.39 is 5.60 Å². The molecular formula is C17H28O4. The minimum absolute atomic E-state index is 0.642. The average molecular weight is 296 g/mol. The van der Waals surface area contributed by atoms with E-state index in [1.807, 2.05) is 18.2 Å². The zero-order valence-corrected chi connectivity index (χ0v) is 13.6. The summed E-state index contributed by atoms with van der Waals surface area (Å²) in [4.78, 5) is 4.59. The van der Waals surface area contributed by atoms with Gasteiger partial charge in [-0.1, -0.05) is 26.7 Å². The molecule has 0 aliphatic rings. The van der Waals surface area contributed by atoms with Crippen molar-refractivity contribution >= 4 is 0 Å². The molecule has 0 unspecified atom stereocenters. The first-order valence-electron chi connectivity index (χ1n) is 7.77. The van der Waals surface area contributed by atoms with Crippen LogP contribution in [0.3, 0.4) is 0 Å². The molecule has 4 heteroatoms. The highest BCUT2D eigenvalue weighted by atomic mass is 17.1. The molecule has 0 aliphatic heterocycles. The van der Waals surface area contributed by atoms with Gasteiger partial charge in [-0.05, 0) is 38.8 Å². The zero-order valence-electron chi connectivity index (χ0n) is 13.6. The summed E-state index contributed by atoms with van der Waals surface area (Å²) < 4.78 is 11.6. The van der Waals surface area contributed by atoms with Crippen molar-refractivity contribution in [3.63, 3.8) is 0 Å². The van der Waals surface area contributed by atoms with Gasteiger partial charge in [0.05, 0.1) is 13.2 Å². The van der Waals surface area contributed by atoms with Gasteiger partial charge in [0.25, 0.3) is 0 Å². The Morgan fingerprint density at radius 2 is 1.62 bits per heavy atom. The van der Waals surface area contributed by atoms with Crippen molar-refractivity contribution in [2.24, 2.45) is 0 Å². The Kier molecular flexibility index (Phi) is 7.54. The highest BCUT2D eigenvalue weighted by Gasteiger charge is 2.26.